The van der Waals surface area contributed by atoms with Crippen LogP contribution in [0.2, 0.25) is 0 Å². The molecule has 0 radical (unpaired) electrons. The summed E-state index contributed by atoms with van der Waals surface area (Å²) in [5, 5.41) is 0. The van der Waals surface area contributed by atoms with E-state index < -0.39 is 0 Å². The molecule has 0 aromatic heterocycles. The second kappa shape index (κ2) is 21.9. The molecule has 1 aromatic carbocycles. The highest BCUT2D eigenvalue weighted by atomic mass is 79.9. The molecular weight excluding hydrogens is 424 g/mol. The standard InChI is InChI=1S/C9H20.C7H7Br.C6H12O2.C4H10/c1-4-6-7-8-9(3)5-2;1-6-2-4-7(8)5-3-6;1-5(7)8-6(2,3)4;1-3-4-2/h9H,4-8H2,1-3H3;2-5H,1H3;1-4H3;3-4H2,1-2H3. The van der Waals surface area contributed by atoms with Crippen molar-refractivity contribution in [3.05, 3.63) is 34.3 Å². The average Bonchev–Trinajstić information content (AvgIpc) is 2.63. The Kier molecular flexibility index (Phi) is 24.8. The van der Waals surface area contributed by atoms with Crippen molar-refractivity contribution >= 4 is 21.9 Å². The molecule has 0 saturated carbocycles. The van der Waals surface area contributed by atoms with Gasteiger partial charge in [0.1, 0.15) is 5.60 Å². The van der Waals surface area contributed by atoms with Crippen molar-refractivity contribution in [1.82, 2.24) is 0 Å². The van der Waals surface area contributed by atoms with Crippen LogP contribution in [0, 0.1) is 12.8 Å². The van der Waals surface area contributed by atoms with Gasteiger partial charge in [0.15, 0.2) is 0 Å². The van der Waals surface area contributed by atoms with Crippen LogP contribution in [0.4, 0.5) is 0 Å². The minimum Gasteiger partial charge on any atom is -0.460 e. The molecule has 0 fully saturated rings. The number of hydrogen-bond donors (Lipinski definition) is 0. The quantitative estimate of drug-likeness (QED) is 0.304. The highest BCUT2D eigenvalue weighted by Crippen LogP contribution is 2.11. The Hall–Kier alpha value is -0.830. The van der Waals surface area contributed by atoms with Gasteiger partial charge in [-0.2, -0.15) is 0 Å². The highest BCUT2D eigenvalue weighted by molar-refractivity contribution is 9.10. The molecule has 0 saturated heterocycles. The molecule has 0 bridgehead atoms. The minimum absolute atomic E-state index is 0.225. The van der Waals surface area contributed by atoms with Gasteiger partial charge in [0, 0.05) is 11.4 Å². The van der Waals surface area contributed by atoms with Gasteiger partial charge in [0.2, 0.25) is 0 Å². The van der Waals surface area contributed by atoms with E-state index in [4.69, 9.17) is 4.74 Å². The first kappa shape index (κ1) is 32.8. The number of ether oxygens (including phenoxy) is 1. The van der Waals surface area contributed by atoms with E-state index in [1.807, 2.05) is 32.9 Å². The monoisotopic (exact) mass is 472 g/mol. The molecule has 172 valence electrons. The third kappa shape index (κ3) is 35.0. The molecule has 0 heterocycles. The SMILES string of the molecule is CC(=O)OC(C)(C)C.CCCC.CCCCCC(C)CC.Cc1ccc(Br)cc1. The van der Waals surface area contributed by atoms with Crippen LogP contribution >= 0.6 is 15.9 Å². The van der Waals surface area contributed by atoms with Crippen molar-refractivity contribution in [2.45, 2.75) is 120 Å². The predicted molar refractivity (Wildman–Crippen MR) is 135 cm³/mol. The molecule has 1 unspecified atom stereocenters. The molecule has 0 aliphatic carbocycles. The number of esters is 1. The van der Waals surface area contributed by atoms with Gasteiger partial charge in [-0.3, -0.25) is 4.79 Å². The molecule has 1 atom stereocenters. The fraction of sp³-hybridized carbons (Fsp3) is 0.731. The molecule has 0 aliphatic heterocycles. The Morgan fingerprint density at radius 3 is 1.69 bits per heavy atom. The van der Waals surface area contributed by atoms with Crippen molar-refractivity contribution in [1.29, 1.82) is 0 Å². The van der Waals surface area contributed by atoms with E-state index >= 15 is 0 Å². The molecule has 0 aliphatic rings. The average molecular weight is 474 g/mol. The molecule has 2 nitrogen and oxygen atoms in total. The van der Waals surface area contributed by atoms with Crippen LogP contribution in [0.15, 0.2) is 28.7 Å². The smallest absolute Gasteiger partial charge is 0.303 e. The summed E-state index contributed by atoms with van der Waals surface area (Å²) in [6, 6.07) is 8.22. The van der Waals surface area contributed by atoms with Crippen LogP contribution in [0.5, 0.6) is 0 Å². The van der Waals surface area contributed by atoms with Crippen LogP contribution in [0.1, 0.15) is 113 Å². The van der Waals surface area contributed by atoms with Crippen LogP contribution in [-0.4, -0.2) is 11.6 Å². The van der Waals surface area contributed by atoms with Crippen LogP contribution in [-0.2, 0) is 9.53 Å². The van der Waals surface area contributed by atoms with Crippen molar-refractivity contribution < 1.29 is 9.53 Å². The molecule has 0 amide bonds. The second-order valence-corrected chi connectivity index (χ2v) is 9.43. The largest absolute Gasteiger partial charge is 0.460 e. The Morgan fingerprint density at radius 1 is 0.966 bits per heavy atom. The molecule has 0 N–H and O–H groups in total. The number of unbranched alkanes of at least 4 members (excludes halogenated alkanes) is 3. The summed E-state index contributed by atoms with van der Waals surface area (Å²) in [4.78, 5) is 10.2. The summed E-state index contributed by atoms with van der Waals surface area (Å²) < 4.78 is 5.94. The van der Waals surface area contributed by atoms with Crippen molar-refractivity contribution in [3.63, 3.8) is 0 Å². The van der Waals surface area contributed by atoms with E-state index in [9.17, 15) is 4.79 Å². The molecule has 3 heteroatoms. The number of benzene rings is 1. The first-order valence-corrected chi connectivity index (χ1v) is 12.1. The Morgan fingerprint density at radius 2 is 1.45 bits per heavy atom. The zero-order valence-electron chi connectivity index (χ0n) is 21.0. The number of aryl methyl sites for hydroxylation is 1. The maximum Gasteiger partial charge on any atom is 0.303 e. The lowest BCUT2D eigenvalue weighted by atomic mass is 10.0. The zero-order valence-corrected chi connectivity index (χ0v) is 22.6. The van der Waals surface area contributed by atoms with E-state index in [0.29, 0.717) is 0 Å². The summed E-state index contributed by atoms with van der Waals surface area (Å²) in [6.45, 7) is 20.2. The molecule has 1 rings (SSSR count). The van der Waals surface area contributed by atoms with E-state index in [1.165, 1.54) is 57.4 Å². The third-order valence-electron chi connectivity index (χ3n) is 3.96. The van der Waals surface area contributed by atoms with Crippen molar-refractivity contribution in [2.24, 2.45) is 5.92 Å². The summed E-state index contributed by atoms with van der Waals surface area (Å²) in [7, 11) is 0. The second-order valence-electron chi connectivity index (χ2n) is 8.51. The predicted octanol–water partition coefficient (Wildman–Crippen LogP) is 9.52. The maximum absolute atomic E-state index is 10.2. The lowest BCUT2D eigenvalue weighted by Gasteiger charge is -2.17. The van der Waals surface area contributed by atoms with Gasteiger partial charge in [0.25, 0.3) is 0 Å². The van der Waals surface area contributed by atoms with Gasteiger partial charge in [-0.25, -0.2) is 0 Å². The van der Waals surface area contributed by atoms with Gasteiger partial charge >= 0.3 is 5.97 Å². The number of carbonyl (C=O) groups is 1. The van der Waals surface area contributed by atoms with Gasteiger partial charge in [-0.15, -0.1) is 0 Å². The summed E-state index contributed by atoms with van der Waals surface area (Å²) in [5.74, 6) is 0.731. The fourth-order valence-electron chi connectivity index (χ4n) is 1.91. The summed E-state index contributed by atoms with van der Waals surface area (Å²) in [5.41, 5.74) is 0.972. The number of rotatable bonds is 6. The maximum atomic E-state index is 10.2. The van der Waals surface area contributed by atoms with E-state index in [1.54, 1.807) is 0 Å². The highest BCUT2D eigenvalue weighted by Gasteiger charge is 2.11. The number of hydrogen-bond acceptors (Lipinski definition) is 2. The molecule has 1 aromatic rings. The summed E-state index contributed by atoms with van der Waals surface area (Å²) >= 11 is 3.35. The van der Waals surface area contributed by atoms with Gasteiger partial charge < -0.3 is 4.74 Å². The Bertz CT molecular complexity index is 438. The van der Waals surface area contributed by atoms with Crippen molar-refractivity contribution in [2.75, 3.05) is 0 Å². The lowest BCUT2D eigenvalue weighted by Crippen LogP contribution is -2.21. The van der Waals surface area contributed by atoms with Gasteiger partial charge in [-0.1, -0.05) is 113 Å². The van der Waals surface area contributed by atoms with E-state index in [0.717, 1.165) is 10.4 Å². The minimum atomic E-state index is -0.328. The van der Waals surface area contributed by atoms with Crippen molar-refractivity contribution in [3.8, 4) is 0 Å². The molecule has 29 heavy (non-hydrogen) atoms. The van der Waals surface area contributed by atoms with E-state index in [-0.39, 0.29) is 11.6 Å². The fourth-order valence-corrected chi connectivity index (χ4v) is 2.18. The third-order valence-corrected chi connectivity index (χ3v) is 4.49. The number of halogens is 1. The Balaban J connectivity index is -0.000000321. The molecule has 0 spiro atoms. The van der Waals surface area contributed by atoms with Gasteiger partial charge in [0.05, 0.1) is 0 Å². The first-order valence-electron chi connectivity index (χ1n) is 11.3. The van der Waals surface area contributed by atoms with Gasteiger partial charge in [-0.05, 0) is 45.7 Å². The molecular formula is C26H49BrO2. The Labute approximate surface area is 191 Å². The van der Waals surface area contributed by atoms with Crippen LogP contribution in [0.3, 0.4) is 0 Å². The lowest BCUT2D eigenvalue weighted by molar-refractivity contribution is -0.151. The number of carbonyl (C=O) groups excluding carboxylic acids is 1. The van der Waals surface area contributed by atoms with Crippen LogP contribution in [0.25, 0.3) is 0 Å². The van der Waals surface area contributed by atoms with E-state index in [2.05, 4.69) is 69.6 Å². The van der Waals surface area contributed by atoms with Crippen LogP contribution < -0.4 is 0 Å². The first-order chi connectivity index (χ1) is 13.4. The normalized spacial score (nSPS) is 10.9. The summed E-state index contributed by atoms with van der Waals surface area (Å²) in [6.07, 6.45) is 9.64. The zero-order chi connectivity index (χ0) is 23.3. The topological polar surface area (TPSA) is 26.3 Å².